The third-order valence-corrected chi connectivity index (χ3v) is 2.09. The first kappa shape index (κ1) is 16.7. The summed E-state index contributed by atoms with van der Waals surface area (Å²) in [4.78, 5) is 26.1. The number of halogens is 1. The Morgan fingerprint density at radius 2 is 2.10 bits per heavy atom. The van der Waals surface area contributed by atoms with Crippen LogP contribution in [-0.4, -0.2) is 40.4 Å². The van der Waals surface area contributed by atoms with Crippen molar-refractivity contribution < 1.29 is 28.6 Å². The van der Waals surface area contributed by atoms with E-state index in [1.807, 2.05) is 0 Å². The molecule has 1 heterocycles. The lowest BCUT2D eigenvalue weighted by Gasteiger charge is -2.22. The molecule has 1 atom stereocenters. The molecule has 0 saturated carbocycles. The van der Waals surface area contributed by atoms with Gasteiger partial charge < -0.3 is 19.9 Å². The number of hydrogen-bond acceptors (Lipinski definition) is 5. The van der Waals surface area contributed by atoms with Gasteiger partial charge in [-0.1, -0.05) is 0 Å². The topological polar surface area (TPSA) is 97.8 Å². The molecule has 0 radical (unpaired) electrons. The Hall–Kier alpha value is -2.38. The van der Waals surface area contributed by atoms with Crippen molar-refractivity contribution in [3.05, 3.63) is 24.3 Å². The molecule has 0 fully saturated rings. The van der Waals surface area contributed by atoms with Gasteiger partial charge in [-0.2, -0.15) is 0 Å². The van der Waals surface area contributed by atoms with Crippen molar-refractivity contribution in [2.45, 2.75) is 32.4 Å². The van der Waals surface area contributed by atoms with Gasteiger partial charge in [0.05, 0.1) is 12.4 Å². The van der Waals surface area contributed by atoms with Crippen molar-refractivity contribution in [3.8, 4) is 5.75 Å². The van der Waals surface area contributed by atoms with Crippen LogP contribution in [0.4, 0.5) is 9.18 Å². The van der Waals surface area contributed by atoms with E-state index in [0.717, 1.165) is 12.3 Å². The minimum Gasteiger partial charge on any atom is -0.489 e. The molecule has 0 spiro atoms. The van der Waals surface area contributed by atoms with E-state index in [0.29, 0.717) is 0 Å². The third-order valence-electron chi connectivity index (χ3n) is 2.09. The Morgan fingerprint density at radius 1 is 1.43 bits per heavy atom. The number of amides is 1. The number of aromatic nitrogens is 1. The fourth-order valence-corrected chi connectivity index (χ4v) is 1.28. The van der Waals surface area contributed by atoms with E-state index < -0.39 is 29.5 Å². The van der Waals surface area contributed by atoms with Crippen LogP contribution in [-0.2, 0) is 9.53 Å². The van der Waals surface area contributed by atoms with Crippen LogP contribution in [0.25, 0.3) is 0 Å². The third kappa shape index (κ3) is 6.55. The molecule has 0 aliphatic rings. The number of carboxylic acids is 1. The van der Waals surface area contributed by atoms with E-state index in [9.17, 15) is 14.0 Å². The summed E-state index contributed by atoms with van der Waals surface area (Å²) in [5.41, 5.74) is -0.750. The zero-order valence-corrected chi connectivity index (χ0v) is 11.9. The summed E-state index contributed by atoms with van der Waals surface area (Å²) >= 11 is 0. The van der Waals surface area contributed by atoms with E-state index in [4.69, 9.17) is 14.6 Å². The van der Waals surface area contributed by atoms with Gasteiger partial charge in [-0.3, -0.25) is 4.98 Å². The van der Waals surface area contributed by atoms with Crippen LogP contribution in [0, 0.1) is 5.82 Å². The van der Waals surface area contributed by atoms with E-state index in [1.54, 1.807) is 20.8 Å². The predicted octanol–water partition coefficient (Wildman–Crippen LogP) is 1.58. The second-order valence-electron chi connectivity index (χ2n) is 5.19. The highest BCUT2D eigenvalue weighted by molar-refractivity contribution is 5.80. The van der Waals surface area contributed by atoms with E-state index in [2.05, 4.69) is 10.3 Å². The highest BCUT2D eigenvalue weighted by atomic mass is 19.1. The molecular weight excluding hydrogens is 283 g/mol. The molecular formula is C13H17FN2O5. The van der Waals surface area contributed by atoms with Gasteiger partial charge in [0, 0.05) is 6.07 Å². The standard InChI is InChI=1S/C13H17FN2O5/c1-13(2,3)21-12(19)16-10(11(17)18)7-20-9-4-8(14)5-15-6-9/h4-6,10H,7H2,1-3H3,(H,16,19)(H,17,18). The van der Waals surface area contributed by atoms with Gasteiger partial charge in [0.15, 0.2) is 6.04 Å². The van der Waals surface area contributed by atoms with Gasteiger partial charge in [-0.05, 0) is 20.8 Å². The molecule has 0 aliphatic heterocycles. The maximum absolute atomic E-state index is 12.9. The van der Waals surface area contributed by atoms with Crippen LogP contribution in [0.15, 0.2) is 18.5 Å². The van der Waals surface area contributed by atoms with Crippen LogP contribution in [0.5, 0.6) is 5.75 Å². The number of nitrogens with zero attached hydrogens (tertiary/aromatic N) is 1. The number of nitrogens with one attached hydrogen (secondary N) is 1. The number of aliphatic carboxylic acids is 1. The maximum Gasteiger partial charge on any atom is 0.408 e. The number of hydrogen-bond donors (Lipinski definition) is 2. The van der Waals surface area contributed by atoms with Crippen molar-refractivity contribution in [2.75, 3.05) is 6.61 Å². The smallest absolute Gasteiger partial charge is 0.408 e. The molecule has 0 bridgehead atoms. The average Bonchev–Trinajstić information content (AvgIpc) is 2.32. The Balaban J connectivity index is 2.58. The molecule has 116 valence electrons. The van der Waals surface area contributed by atoms with Gasteiger partial charge in [0.1, 0.15) is 23.8 Å². The second-order valence-corrected chi connectivity index (χ2v) is 5.19. The lowest BCUT2D eigenvalue weighted by Crippen LogP contribution is -2.46. The quantitative estimate of drug-likeness (QED) is 0.856. The zero-order valence-electron chi connectivity index (χ0n) is 11.9. The molecule has 21 heavy (non-hydrogen) atoms. The first-order valence-electron chi connectivity index (χ1n) is 6.13. The Kier molecular flexibility index (Phi) is 5.45. The normalized spacial score (nSPS) is 12.4. The number of carbonyl (C=O) groups is 2. The highest BCUT2D eigenvalue weighted by Gasteiger charge is 2.24. The van der Waals surface area contributed by atoms with Gasteiger partial charge in [-0.15, -0.1) is 0 Å². The number of rotatable bonds is 5. The Morgan fingerprint density at radius 3 is 2.62 bits per heavy atom. The van der Waals surface area contributed by atoms with E-state index in [-0.39, 0.29) is 12.4 Å². The van der Waals surface area contributed by atoms with Crippen LogP contribution < -0.4 is 10.1 Å². The summed E-state index contributed by atoms with van der Waals surface area (Å²) in [5, 5.41) is 11.2. The molecule has 1 rings (SSSR count). The van der Waals surface area contributed by atoms with Crippen molar-refractivity contribution >= 4 is 12.1 Å². The van der Waals surface area contributed by atoms with Crippen LogP contribution in [0.1, 0.15) is 20.8 Å². The maximum atomic E-state index is 12.9. The van der Waals surface area contributed by atoms with Crippen molar-refractivity contribution in [2.24, 2.45) is 0 Å². The number of carboxylic acid groups (broad SMARTS) is 1. The van der Waals surface area contributed by atoms with Crippen LogP contribution in [0.3, 0.4) is 0 Å². The number of pyridine rings is 1. The zero-order chi connectivity index (χ0) is 16.0. The fourth-order valence-electron chi connectivity index (χ4n) is 1.28. The van der Waals surface area contributed by atoms with Gasteiger partial charge in [0.25, 0.3) is 0 Å². The lowest BCUT2D eigenvalue weighted by atomic mass is 10.2. The van der Waals surface area contributed by atoms with Gasteiger partial charge in [0.2, 0.25) is 0 Å². The number of alkyl carbamates (subject to hydrolysis) is 1. The molecule has 2 N–H and O–H groups in total. The minimum atomic E-state index is -1.33. The monoisotopic (exact) mass is 300 g/mol. The second kappa shape index (κ2) is 6.87. The highest BCUT2D eigenvalue weighted by Crippen LogP contribution is 2.10. The number of ether oxygens (including phenoxy) is 2. The van der Waals surface area contributed by atoms with Crippen molar-refractivity contribution in [1.29, 1.82) is 0 Å². The van der Waals surface area contributed by atoms with Gasteiger partial charge in [-0.25, -0.2) is 14.0 Å². The molecule has 1 unspecified atom stereocenters. The molecule has 0 aromatic carbocycles. The largest absolute Gasteiger partial charge is 0.489 e. The predicted molar refractivity (Wildman–Crippen MR) is 70.5 cm³/mol. The molecule has 1 aromatic heterocycles. The minimum absolute atomic E-state index is 0.0623. The molecule has 0 aliphatic carbocycles. The summed E-state index contributed by atoms with van der Waals surface area (Å²) in [7, 11) is 0. The molecule has 7 nitrogen and oxygen atoms in total. The van der Waals surface area contributed by atoms with Crippen LogP contribution >= 0.6 is 0 Å². The first-order chi connectivity index (χ1) is 9.67. The van der Waals surface area contributed by atoms with E-state index in [1.165, 1.54) is 6.20 Å². The van der Waals surface area contributed by atoms with E-state index >= 15 is 0 Å². The molecule has 8 heteroatoms. The fraction of sp³-hybridized carbons (Fsp3) is 0.462. The van der Waals surface area contributed by atoms with Crippen molar-refractivity contribution in [1.82, 2.24) is 10.3 Å². The average molecular weight is 300 g/mol. The Bertz CT molecular complexity index is 516. The summed E-state index contributed by atoms with van der Waals surface area (Å²) in [6, 6.07) is -0.276. The molecule has 1 amide bonds. The molecule has 0 saturated heterocycles. The summed E-state index contributed by atoms with van der Waals surface area (Å²) in [6.07, 6.45) is 1.34. The van der Waals surface area contributed by atoms with Gasteiger partial charge >= 0.3 is 12.1 Å². The Labute approximate surface area is 121 Å². The van der Waals surface area contributed by atoms with Crippen LogP contribution in [0.2, 0.25) is 0 Å². The number of carbonyl (C=O) groups excluding carboxylic acids is 1. The van der Waals surface area contributed by atoms with Crippen molar-refractivity contribution in [3.63, 3.8) is 0 Å². The first-order valence-corrected chi connectivity index (χ1v) is 6.13. The summed E-state index contributed by atoms with van der Waals surface area (Å²) in [5.74, 6) is -1.85. The lowest BCUT2D eigenvalue weighted by molar-refractivity contribution is -0.140. The summed E-state index contributed by atoms with van der Waals surface area (Å²) < 4.78 is 22.9. The summed E-state index contributed by atoms with van der Waals surface area (Å²) in [6.45, 7) is 4.56. The molecule has 1 aromatic rings. The SMILES string of the molecule is CC(C)(C)OC(=O)NC(COc1cncc(F)c1)C(=O)O.